The Morgan fingerprint density at radius 2 is 2.06 bits per heavy atom. The summed E-state index contributed by atoms with van der Waals surface area (Å²) in [7, 11) is 0. The third-order valence-electron chi connectivity index (χ3n) is 6.85. The molecule has 1 amide bonds. The van der Waals surface area contributed by atoms with Crippen molar-refractivity contribution in [3.63, 3.8) is 0 Å². The Morgan fingerprint density at radius 1 is 1.22 bits per heavy atom. The summed E-state index contributed by atoms with van der Waals surface area (Å²) >= 11 is 0. The number of rotatable bonds is 5. The zero-order valence-corrected chi connectivity index (χ0v) is 18.1. The first-order valence-corrected chi connectivity index (χ1v) is 11.2. The van der Waals surface area contributed by atoms with E-state index < -0.39 is 0 Å². The van der Waals surface area contributed by atoms with Gasteiger partial charge in [-0.15, -0.1) is 0 Å². The van der Waals surface area contributed by atoms with Crippen molar-refractivity contribution in [2.24, 2.45) is 0 Å². The summed E-state index contributed by atoms with van der Waals surface area (Å²) in [5.41, 5.74) is 2.74. The average molecular weight is 432 g/mol. The molecule has 7 heteroatoms. The molecule has 2 aliphatic heterocycles. The number of benzene rings is 2. The van der Waals surface area contributed by atoms with Crippen LogP contribution >= 0.6 is 0 Å². The average Bonchev–Trinajstić information content (AvgIpc) is 3.29. The maximum absolute atomic E-state index is 12.6. The molecule has 2 aliphatic rings. The highest BCUT2D eigenvalue weighted by atomic mass is 16.3. The molecule has 3 heterocycles. The van der Waals surface area contributed by atoms with Gasteiger partial charge >= 0.3 is 0 Å². The molecule has 166 valence electrons. The molecule has 2 atom stereocenters. The van der Waals surface area contributed by atoms with Crippen molar-refractivity contribution in [3.8, 4) is 5.75 Å². The number of likely N-dealkylation sites (tertiary alicyclic amines) is 1. The van der Waals surface area contributed by atoms with Gasteiger partial charge in [-0.25, -0.2) is 0 Å². The molecule has 2 fully saturated rings. The van der Waals surface area contributed by atoms with Crippen LogP contribution in [0.15, 0.2) is 60.8 Å². The Kier molecular flexibility index (Phi) is 5.78. The van der Waals surface area contributed by atoms with Gasteiger partial charge in [-0.1, -0.05) is 30.3 Å². The van der Waals surface area contributed by atoms with Gasteiger partial charge in [-0.2, -0.15) is 0 Å². The highest BCUT2D eigenvalue weighted by molar-refractivity contribution is 5.97. The van der Waals surface area contributed by atoms with Crippen molar-refractivity contribution in [1.82, 2.24) is 25.8 Å². The molecule has 2 unspecified atom stereocenters. The normalized spacial score (nSPS) is 23.6. The lowest BCUT2D eigenvalue weighted by Gasteiger charge is -2.46. The third kappa shape index (κ3) is 4.19. The Bertz CT molecular complexity index is 1090. The van der Waals surface area contributed by atoms with E-state index in [1.54, 1.807) is 18.3 Å². The number of hydrogen-bond acceptors (Lipinski definition) is 6. The van der Waals surface area contributed by atoms with Crippen LogP contribution in [0.25, 0.3) is 10.9 Å². The molecule has 4 N–H and O–H groups in total. The molecule has 1 spiro atoms. The second-order valence-corrected chi connectivity index (χ2v) is 8.80. The first kappa shape index (κ1) is 20.9. The lowest BCUT2D eigenvalue weighted by Crippen LogP contribution is -2.58. The minimum absolute atomic E-state index is 0.0352. The van der Waals surface area contributed by atoms with Crippen LogP contribution in [0.5, 0.6) is 5.75 Å². The lowest BCUT2D eigenvalue weighted by atomic mass is 9.74. The molecule has 32 heavy (non-hydrogen) atoms. The predicted molar refractivity (Wildman–Crippen MR) is 125 cm³/mol. The SMILES string of the molecule is O=C(NCCN1CCC2(CNCN2)C(c2ccc(O)cc2)C1)c1cnc2ccccc2c1. The standard InChI is InChI=1S/C25H29N5O2/c31-21-7-5-18(6-8-21)22-15-30(11-9-25(22)16-26-17-29-25)12-10-27-24(32)20-13-19-3-1-2-4-23(19)28-14-20/h1-8,13-14,22,26,29,31H,9-12,15-17H2,(H,27,32). The number of fused-ring (bicyclic) bond motifs is 1. The Labute approximate surface area is 187 Å². The molecule has 1 aromatic heterocycles. The number of amides is 1. The smallest absolute Gasteiger partial charge is 0.252 e. The molecule has 0 saturated carbocycles. The van der Waals surface area contributed by atoms with Crippen molar-refractivity contribution >= 4 is 16.8 Å². The number of carbonyl (C=O) groups is 1. The number of nitrogens with zero attached hydrogens (tertiary/aromatic N) is 2. The van der Waals surface area contributed by atoms with Gasteiger partial charge in [0.1, 0.15) is 5.75 Å². The van der Waals surface area contributed by atoms with E-state index in [1.807, 2.05) is 42.5 Å². The zero-order chi connectivity index (χ0) is 22.0. The van der Waals surface area contributed by atoms with Crippen molar-refractivity contribution in [2.45, 2.75) is 17.9 Å². The highest BCUT2D eigenvalue weighted by Crippen LogP contribution is 2.37. The molecular formula is C25H29N5O2. The minimum Gasteiger partial charge on any atom is -0.508 e. The van der Waals surface area contributed by atoms with Gasteiger partial charge in [0.25, 0.3) is 5.91 Å². The number of pyridine rings is 1. The van der Waals surface area contributed by atoms with E-state index in [9.17, 15) is 9.90 Å². The van der Waals surface area contributed by atoms with Crippen LogP contribution in [0.4, 0.5) is 0 Å². The topological polar surface area (TPSA) is 89.5 Å². The monoisotopic (exact) mass is 431 g/mol. The molecule has 3 aromatic rings. The summed E-state index contributed by atoms with van der Waals surface area (Å²) < 4.78 is 0. The quantitative estimate of drug-likeness (QED) is 0.495. The molecule has 2 saturated heterocycles. The van der Waals surface area contributed by atoms with E-state index in [2.05, 4.69) is 25.8 Å². The zero-order valence-electron chi connectivity index (χ0n) is 18.1. The van der Waals surface area contributed by atoms with Crippen molar-refractivity contribution in [1.29, 1.82) is 0 Å². The largest absolute Gasteiger partial charge is 0.508 e. The van der Waals surface area contributed by atoms with Crippen LogP contribution in [0, 0.1) is 0 Å². The number of aromatic nitrogens is 1. The van der Waals surface area contributed by atoms with Gasteiger partial charge in [0, 0.05) is 62.4 Å². The van der Waals surface area contributed by atoms with E-state index in [0.29, 0.717) is 23.8 Å². The van der Waals surface area contributed by atoms with Crippen molar-refractivity contribution in [2.75, 3.05) is 39.4 Å². The number of carbonyl (C=O) groups excluding carboxylic acids is 1. The van der Waals surface area contributed by atoms with Gasteiger partial charge in [0.2, 0.25) is 0 Å². The highest BCUT2D eigenvalue weighted by Gasteiger charge is 2.45. The van der Waals surface area contributed by atoms with Crippen LogP contribution in [0.2, 0.25) is 0 Å². The Balaban J connectivity index is 1.21. The fourth-order valence-corrected chi connectivity index (χ4v) is 5.02. The Hall–Kier alpha value is -3.00. The number of nitrogens with one attached hydrogen (secondary N) is 3. The first-order chi connectivity index (χ1) is 15.6. The van der Waals surface area contributed by atoms with Crippen molar-refractivity contribution < 1.29 is 9.90 Å². The van der Waals surface area contributed by atoms with E-state index in [-0.39, 0.29) is 11.4 Å². The second-order valence-electron chi connectivity index (χ2n) is 8.80. The first-order valence-electron chi connectivity index (χ1n) is 11.2. The van der Waals surface area contributed by atoms with Gasteiger partial charge in [-0.3, -0.25) is 15.1 Å². The molecular weight excluding hydrogens is 402 g/mol. The Morgan fingerprint density at radius 3 is 2.88 bits per heavy atom. The molecule has 0 aliphatic carbocycles. The molecule has 0 radical (unpaired) electrons. The van der Waals surface area contributed by atoms with Gasteiger partial charge in [0.15, 0.2) is 0 Å². The van der Waals surface area contributed by atoms with Gasteiger partial charge in [0.05, 0.1) is 11.1 Å². The second kappa shape index (κ2) is 8.86. The molecule has 5 rings (SSSR count). The summed E-state index contributed by atoms with van der Waals surface area (Å²) in [5.74, 6) is 0.514. The lowest BCUT2D eigenvalue weighted by molar-refractivity contribution is 0.0932. The summed E-state index contributed by atoms with van der Waals surface area (Å²) in [6.45, 7) is 5.05. The number of para-hydroxylation sites is 1. The summed E-state index contributed by atoms with van der Waals surface area (Å²) in [6, 6.07) is 17.3. The van der Waals surface area contributed by atoms with Crippen LogP contribution in [0.3, 0.4) is 0 Å². The van der Waals surface area contributed by atoms with Crippen LogP contribution in [-0.4, -0.2) is 65.8 Å². The van der Waals surface area contributed by atoms with E-state index in [0.717, 1.165) is 50.2 Å². The van der Waals surface area contributed by atoms with Gasteiger partial charge in [-0.05, 0) is 36.2 Å². The minimum atomic E-state index is -0.0894. The van der Waals surface area contributed by atoms with E-state index in [1.165, 1.54) is 5.56 Å². The third-order valence-corrected chi connectivity index (χ3v) is 6.85. The summed E-state index contributed by atoms with van der Waals surface area (Å²) in [4.78, 5) is 19.4. The number of phenols is 1. The van der Waals surface area contributed by atoms with E-state index >= 15 is 0 Å². The van der Waals surface area contributed by atoms with Crippen LogP contribution < -0.4 is 16.0 Å². The number of aromatic hydroxyl groups is 1. The fourth-order valence-electron chi connectivity index (χ4n) is 5.02. The van der Waals surface area contributed by atoms with Gasteiger partial charge < -0.3 is 20.6 Å². The molecule has 2 aromatic carbocycles. The number of piperidine rings is 1. The molecule has 0 bridgehead atoms. The fraction of sp³-hybridized carbons (Fsp3) is 0.360. The summed E-state index contributed by atoms with van der Waals surface area (Å²) in [5, 5.41) is 20.9. The van der Waals surface area contributed by atoms with E-state index in [4.69, 9.17) is 0 Å². The number of phenolic OH excluding ortho intramolecular Hbond substituents is 1. The van der Waals surface area contributed by atoms with Crippen LogP contribution in [0.1, 0.15) is 28.3 Å². The maximum atomic E-state index is 12.6. The maximum Gasteiger partial charge on any atom is 0.252 e. The predicted octanol–water partition coefficient (Wildman–Crippen LogP) is 2.05. The van der Waals surface area contributed by atoms with Crippen molar-refractivity contribution in [3.05, 3.63) is 71.9 Å². The summed E-state index contributed by atoms with van der Waals surface area (Å²) in [6.07, 6.45) is 2.68. The van der Waals surface area contributed by atoms with Crippen LogP contribution in [-0.2, 0) is 0 Å². The molecule has 7 nitrogen and oxygen atoms in total. The number of hydrogen-bond donors (Lipinski definition) is 4.